The number of aryl methyl sites for hydroxylation is 1. The second-order valence-electron chi connectivity index (χ2n) is 6.40. The summed E-state index contributed by atoms with van der Waals surface area (Å²) in [6.07, 6.45) is 3.41. The molecule has 0 saturated carbocycles. The normalized spacial score (nSPS) is 11.0. The highest BCUT2D eigenvalue weighted by molar-refractivity contribution is 5.77. The maximum atomic E-state index is 12.8. The van der Waals surface area contributed by atoms with Crippen LogP contribution in [-0.2, 0) is 13.1 Å². The molecule has 0 fully saturated rings. The number of nitrogens with zero attached hydrogens (tertiary/aromatic N) is 1. The van der Waals surface area contributed by atoms with Crippen LogP contribution in [0.1, 0.15) is 16.7 Å². The average Bonchev–Trinajstić information content (AvgIpc) is 2.65. The molecule has 3 rings (SSSR count). The minimum Gasteiger partial charge on any atom is -0.497 e. The van der Waals surface area contributed by atoms with Crippen LogP contribution in [0.25, 0.3) is 11.0 Å². The third-order valence-electron chi connectivity index (χ3n) is 4.32. The summed E-state index contributed by atoms with van der Waals surface area (Å²) in [5.74, 6) is 0.821. The number of methoxy groups -OCH3 is 1. The number of benzene rings is 2. The summed E-state index contributed by atoms with van der Waals surface area (Å²) in [5, 5.41) is 0.627. The van der Waals surface area contributed by atoms with Gasteiger partial charge in [0.15, 0.2) is 5.43 Å². The molecule has 0 atom stereocenters. The summed E-state index contributed by atoms with van der Waals surface area (Å²) >= 11 is 0. The van der Waals surface area contributed by atoms with Gasteiger partial charge >= 0.3 is 0 Å². The van der Waals surface area contributed by atoms with Gasteiger partial charge in [-0.25, -0.2) is 0 Å². The Morgan fingerprint density at radius 1 is 1.19 bits per heavy atom. The van der Waals surface area contributed by atoms with Gasteiger partial charge in [0.05, 0.1) is 18.8 Å². The average molecular weight is 349 g/mol. The number of fused-ring (bicyclic) bond motifs is 1. The predicted molar refractivity (Wildman–Crippen MR) is 105 cm³/mol. The lowest BCUT2D eigenvalue weighted by Gasteiger charge is -2.20. The maximum Gasteiger partial charge on any atom is 0.197 e. The first-order valence-corrected chi connectivity index (χ1v) is 8.58. The number of ether oxygens (including phenoxy) is 1. The van der Waals surface area contributed by atoms with E-state index in [2.05, 4.69) is 11.5 Å². The van der Waals surface area contributed by atoms with Crippen LogP contribution in [-0.4, -0.2) is 18.6 Å². The summed E-state index contributed by atoms with van der Waals surface area (Å²) in [6.45, 7) is 7.66. The SMILES string of the molecule is C=CCN(Cc1cccc(OC)c1)Cc1coc2ccc(C)cc2c1=O. The van der Waals surface area contributed by atoms with Gasteiger partial charge in [0, 0.05) is 25.2 Å². The summed E-state index contributed by atoms with van der Waals surface area (Å²) in [5.41, 5.74) is 3.45. The van der Waals surface area contributed by atoms with Gasteiger partial charge in [0.1, 0.15) is 11.3 Å². The van der Waals surface area contributed by atoms with Gasteiger partial charge in [-0.15, -0.1) is 6.58 Å². The highest BCUT2D eigenvalue weighted by Gasteiger charge is 2.12. The largest absolute Gasteiger partial charge is 0.497 e. The van der Waals surface area contributed by atoms with E-state index in [0.29, 0.717) is 36.2 Å². The van der Waals surface area contributed by atoms with Crippen LogP contribution >= 0.6 is 0 Å². The Balaban J connectivity index is 1.88. The topological polar surface area (TPSA) is 42.7 Å². The lowest BCUT2D eigenvalue weighted by atomic mass is 10.1. The Morgan fingerprint density at radius 3 is 2.81 bits per heavy atom. The Labute approximate surface area is 153 Å². The van der Waals surface area contributed by atoms with E-state index in [9.17, 15) is 4.79 Å². The Kier molecular flexibility index (Phi) is 5.54. The third-order valence-corrected chi connectivity index (χ3v) is 4.32. The summed E-state index contributed by atoms with van der Waals surface area (Å²) in [4.78, 5) is 15.0. The molecular weight excluding hydrogens is 326 g/mol. The van der Waals surface area contributed by atoms with Crippen LogP contribution in [0.2, 0.25) is 0 Å². The quantitative estimate of drug-likeness (QED) is 0.597. The minimum absolute atomic E-state index is 0.0228. The molecule has 0 radical (unpaired) electrons. The lowest BCUT2D eigenvalue weighted by Crippen LogP contribution is -2.26. The van der Waals surface area contributed by atoms with Crippen molar-refractivity contribution < 1.29 is 9.15 Å². The molecule has 134 valence electrons. The monoisotopic (exact) mass is 349 g/mol. The molecule has 0 saturated heterocycles. The number of rotatable bonds is 7. The summed E-state index contributed by atoms with van der Waals surface area (Å²) < 4.78 is 11.0. The first kappa shape index (κ1) is 18.0. The van der Waals surface area contributed by atoms with Crippen LogP contribution in [0, 0.1) is 6.92 Å². The zero-order valence-electron chi connectivity index (χ0n) is 15.2. The van der Waals surface area contributed by atoms with E-state index in [4.69, 9.17) is 9.15 Å². The molecule has 0 N–H and O–H groups in total. The van der Waals surface area contributed by atoms with Crippen molar-refractivity contribution in [2.45, 2.75) is 20.0 Å². The number of hydrogen-bond acceptors (Lipinski definition) is 4. The molecule has 4 nitrogen and oxygen atoms in total. The molecule has 0 unspecified atom stereocenters. The molecule has 0 aliphatic heterocycles. The van der Waals surface area contributed by atoms with Crippen LogP contribution in [0.5, 0.6) is 5.75 Å². The van der Waals surface area contributed by atoms with Gasteiger partial charge in [-0.1, -0.05) is 29.8 Å². The zero-order valence-corrected chi connectivity index (χ0v) is 15.2. The summed E-state index contributed by atoms with van der Waals surface area (Å²) in [6, 6.07) is 13.6. The van der Waals surface area contributed by atoms with Crippen molar-refractivity contribution in [1.82, 2.24) is 4.90 Å². The molecule has 0 amide bonds. The van der Waals surface area contributed by atoms with Crippen molar-refractivity contribution in [1.29, 1.82) is 0 Å². The zero-order chi connectivity index (χ0) is 18.5. The Bertz CT molecular complexity index is 975. The molecule has 1 heterocycles. The Hall–Kier alpha value is -2.85. The van der Waals surface area contributed by atoms with Crippen molar-refractivity contribution in [3.63, 3.8) is 0 Å². The predicted octanol–water partition coefficient (Wildman–Crippen LogP) is 4.30. The van der Waals surface area contributed by atoms with E-state index in [-0.39, 0.29) is 5.43 Å². The standard InChI is InChI=1S/C22H23NO3/c1-4-10-23(13-17-6-5-7-19(12-17)25-3)14-18-15-26-21-9-8-16(2)11-20(21)22(18)24/h4-9,11-12,15H,1,10,13-14H2,2-3H3. The highest BCUT2D eigenvalue weighted by atomic mass is 16.5. The van der Waals surface area contributed by atoms with Gasteiger partial charge in [-0.2, -0.15) is 0 Å². The molecule has 3 aromatic rings. The minimum atomic E-state index is 0.0228. The van der Waals surface area contributed by atoms with Crippen molar-refractivity contribution in [3.8, 4) is 5.75 Å². The van der Waals surface area contributed by atoms with Crippen LogP contribution in [0.4, 0.5) is 0 Å². The van der Waals surface area contributed by atoms with E-state index in [1.54, 1.807) is 13.4 Å². The van der Waals surface area contributed by atoms with Crippen molar-refractivity contribution in [3.05, 3.63) is 88.3 Å². The van der Waals surface area contributed by atoms with E-state index in [1.807, 2.05) is 55.5 Å². The van der Waals surface area contributed by atoms with Crippen LogP contribution in [0.15, 0.2) is 70.6 Å². The first-order valence-electron chi connectivity index (χ1n) is 8.58. The second-order valence-corrected chi connectivity index (χ2v) is 6.40. The molecule has 0 aliphatic carbocycles. The van der Waals surface area contributed by atoms with E-state index in [1.165, 1.54) is 0 Å². The lowest BCUT2D eigenvalue weighted by molar-refractivity contribution is 0.282. The maximum absolute atomic E-state index is 12.8. The van der Waals surface area contributed by atoms with Gasteiger partial charge in [0.25, 0.3) is 0 Å². The van der Waals surface area contributed by atoms with Crippen molar-refractivity contribution in [2.24, 2.45) is 0 Å². The molecule has 1 aromatic heterocycles. The van der Waals surface area contributed by atoms with Gasteiger partial charge < -0.3 is 9.15 Å². The molecule has 26 heavy (non-hydrogen) atoms. The molecule has 0 spiro atoms. The van der Waals surface area contributed by atoms with Gasteiger partial charge in [0.2, 0.25) is 0 Å². The van der Waals surface area contributed by atoms with Crippen molar-refractivity contribution in [2.75, 3.05) is 13.7 Å². The first-order chi connectivity index (χ1) is 12.6. The summed E-state index contributed by atoms with van der Waals surface area (Å²) in [7, 11) is 1.66. The molecule has 4 heteroatoms. The fraction of sp³-hybridized carbons (Fsp3) is 0.227. The van der Waals surface area contributed by atoms with Gasteiger partial charge in [-0.3, -0.25) is 9.69 Å². The molecule has 2 aromatic carbocycles. The van der Waals surface area contributed by atoms with E-state index < -0.39 is 0 Å². The smallest absolute Gasteiger partial charge is 0.197 e. The van der Waals surface area contributed by atoms with Crippen LogP contribution < -0.4 is 10.2 Å². The number of hydrogen-bond donors (Lipinski definition) is 0. The Morgan fingerprint density at radius 2 is 2.04 bits per heavy atom. The molecule has 0 bridgehead atoms. The fourth-order valence-corrected chi connectivity index (χ4v) is 3.03. The fourth-order valence-electron chi connectivity index (χ4n) is 3.03. The van der Waals surface area contributed by atoms with Gasteiger partial charge in [-0.05, 0) is 36.8 Å². The second kappa shape index (κ2) is 8.02. The van der Waals surface area contributed by atoms with Crippen LogP contribution in [0.3, 0.4) is 0 Å². The van der Waals surface area contributed by atoms with Crippen molar-refractivity contribution >= 4 is 11.0 Å². The highest BCUT2D eigenvalue weighted by Crippen LogP contribution is 2.17. The third kappa shape index (κ3) is 4.03. The molecular formula is C22H23NO3. The van der Waals surface area contributed by atoms with E-state index >= 15 is 0 Å². The molecule has 0 aliphatic rings. The van der Waals surface area contributed by atoms with E-state index in [0.717, 1.165) is 16.9 Å².